The third kappa shape index (κ3) is 11.3. The normalized spacial score (nSPS) is 28.3. The number of nitrogens with two attached hydrogens (primary N) is 1. The van der Waals surface area contributed by atoms with Crippen LogP contribution in [0.25, 0.3) is 0 Å². The van der Waals surface area contributed by atoms with Crippen molar-refractivity contribution in [2.45, 2.75) is 98.4 Å². The van der Waals surface area contributed by atoms with Crippen LogP contribution in [0.4, 0.5) is 4.79 Å². The minimum Gasteiger partial charge on any atom is -0.461 e. The number of aliphatic hydroxyl groups is 4. The van der Waals surface area contributed by atoms with E-state index in [1.54, 1.807) is 32.1 Å². The maximum absolute atomic E-state index is 11.9. The van der Waals surface area contributed by atoms with Crippen LogP contribution < -0.4 is 5.73 Å². The van der Waals surface area contributed by atoms with Gasteiger partial charge in [-0.25, -0.2) is 4.79 Å². The summed E-state index contributed by atoms with van der Waals surface area (Å²) in [7, 11) is 0. The number of carbonyl (C=O) groups is 2. The van der Waals surface area contributed by atoms with Gasteiger partial charge in [0.05, 0.1) is 30.3 Å². The molecule has 1 fully saturated rings. The van der Waals surface area contributed by atoms with Crippen molar-refractivity contribution < 1.29 is 39.5 Å². The SMILES string of the molecule is C=C/C=C\[C@H](C)[C@H](OC(N)=O)[C@@H](C)[C@H](O)[C@@H](C)C/C(C)=C\[C@H](C)[C@@H](O)[C@@H](C)/C=C\[C@@H](O)[CH]C1OC(=O)[C@H](C)[C@@H](O)[C@H]1C. The molecule has 13 atom stereocenters. The highest BCUT2D eigenvalue weighted by atomic mass is 16.6. The van der Waals surface area contributed by atoms with Crippen LogP contribution in [0.15, 0.2) is 48.6 Å². The number of allylic oxidation sites excluding steroid dienone is 3. The summed E-state index contributed by atoms with van der Waals surface area (Å²) < 4.78 is 10.7. The molecule has 1 unspecified atom stereocenters. The molecule has 6 N–H and O–H groups in total. The van der Waals surface area contributed by atoms with Gasteiger partial charge in [0.15, 0.2) is 0 Å². The number of ether oxygens (including phenoxy) is 2. The third-order valence-electron chi connectivity index (χ3n) is 8.42. The molecule has 0 aromatic rings. The summed E-state index contributed by atoms with van der Waals surface area (Å²) in [6.07, 6.45) is 6.95. The molecule has 1 rings (SSSR count). The minimum atomic E-state index is -1.02. The fourth-order valence-corrected chi connectivity index (χ4v) is 5.64. The highest BCUT2D eigenvalue weighted by Gasteiger charge is 2.41. The second kappa shape index (κ2) is 17.6. The summed E-state index contributed by atoms with van der Waals surface area (Å²) >= 11 is 0. The first-order chi connectivity index (χ1) is 19.5. The van der Waals surface area contributed by atoms with E-state index in [0.717, 1.165) is 5.57 Å². The molecule has 1 radical (unpaired) electrons. The van der Waals surface area contributed by atoms with Crippen LogP contribution in [0.1, 0.15) is 61.8 Å². The molecule has 0 aromatic carbocycles. The molecule has 1 saturated heterocycles. The van der Waals surface area contributed by atoms with Gasteiger partial charge >= 0.3 is 12.1 Å². The Labute approximate surface area is 252 Å². The average molecular weight is 593 g/mol. The zero-order chi connectivity index (χ0) is 32.3. The number of esters is 1. The highest BCUT2D eigenvalue weighted by Crippen LogP contribution is 2.30. The monoisotopic (exact) mass is 592 g/mol. The zero-order valence-electron chi connectivity index (χ0n) is 26.5. The standard InChI is InChI=1S/C33H54NO8/c1-10-11-12-20(4)31(42-33(34)40)24(8)29(37)22(6)16-18(2)15-21(5)28(36)19(3)13-14-26(35)17-27-23(7)30(38)25(9)32(39)41-27/h10-15,17,19-31,35-38H,1,16H2,2-9H3,(H2,34,40)/b12-11-,14-13-,18-15-/t19-,20-,21-,22-,23-,24-,25+,26+,27?,28-,29+,30-,31-/m0/s1. The van der Waals surface area contributed by atoms with Crippen molar-refractivity contribution in [1.82, 2.24) is 0 Å². The van der Waals surface area contributed by atoms with Crippen molar-refractivity contribution in [2.24, 2.45) is 47.2 Å². The Hall–Kier alpha value is -2.46. The molecule has 9 nitrogen and oxygen atoms in total. The number of hydrogen-bond donors (Lipinski definition) is 5. The molecule has 0 bridgehead atoms. The number of aliphatic hydroxyl groups excluding tert-OH is 4. The second-order valence-corrected chi connectivity index (χ2v) is 12.2. The smallest absolute Gasteiger partial charge is 0.404 e. The summed E-state index contributed by atoms with van der Waals surface area (Å²) in [5, 5.41) is 42.7. The number of carbonyl (C=O) groups excluding carboxylic acids is 2. The molecule has 1 amide bonds. The first-order valence-corrected chi connectivity index (χ1v) is 14.9. The van der Waals surface area contributed by atoms with Gasteiger partial charge in [-0.3, -0.25) is 4.79 Å². The summed E-state index contributed by atoms with van der Waals surface area (Å²) in [6, 6.07) is 0. The topological polar surface area (TPSA) is 160 Å². The van der Waals surface area contributed by atoms with E-state index in [9.17, 15) is 30.0 Å². The van der Waals surface area contributed by atoms with E-state index < -0.39 is 54.6 Å². The van der Waals surface area contributed by atoms with Gasteiger partial charge in [0.25, 0.3) is 0 Å². The van der Waals surface area contributed by atoms with Crippen LogP contribution in [0.3, 0.4) is 0 Å². The van der Waals surface area contributed by atoms with E-state index >= 15 is 0 Å². The lowest BCUT2D eigenvalue weighted by Crippen LogP contribution is -2.47. The summed E-state index contributed by atoms with van der Waals surface area (Å²) in [6.45, 7) is 18.4. The van der Waals surface area contributed by atoms with Gasteiger partial charge in [0.1, 0.15) is 12.2 Å². The van der Waals surface area contributed by atoms with Crippen LogP contribution in [0.5, 0.6) is 0 Å². The van der Waals surface area contributed by atoms with Gasteiger partial charge in [0, 0.05) is 36.0 Å². The molecule has 0 saturated carbocycles. The van der Waals surface area contributed by atoms with E-state index in [1.807, 2.05) is 53.7 Å². The molecule has 42 heavy (non-hydrogen) atoms. The lowest BCUT2D eigenvalue weighted by molar-refractivity contribution is -0.174. The van der Waals surface area contributed by atoms with Crippen molar-refractivity contribution in [2.75, 3.05) is 0 Å². The fourth-order valence-electron chi connectivity index (χ4n) is 5.64. The van der Waals surface area contributed by atoms with Crippen molar-refractivity contribution >= 4 is 12.1 Å². The molecule has 1 heterocycles. The molecule has 0 spiro atoms. The van der Waals surface area contributed by atoms with Gasteiger partial charge in [-0.05, 0) is 26.2 Å². The second-order valence-electron chi connectivity index (χ2n) is 12.2. The van der Waals surface area contributed by atoms with E-state index in [0.29, 0.717) is 6.42 Å². The Bertz CT molecular complexity index is 962. The van der Waals surface area contributed by atoms with Crippen LogP contribution in [0, 0.1) is 47.8 Å². The van der Waals surface area contributed by atoms with Crippen molar-refractivity contribution in [1.29, 1.82) is 0 Å². The third-order valence-corrected chi connectivity index (χ3v) is 8.42. The van der Waals surface area contributed by atoms with Gasteiger partial charge in [0.2, 0.25) is 0 Å². The lowest BCUT2D eigenvalue weighted by atomic mass is 9.81. The zero-order valence-corrected chi connectivity index (χ0v) is 26.5. The number of hydrogen-bond acceptors (Lipinski definition) is 8. The Kier molecular flexibility index (Phi) is 15.7. The molecular weight excluding hydrogens is 538 g/mol. The predicted molar refractivity (Wildman–Crippen MR) is 164 cm³/mol. The lowest BCUT2D eigenvalue weighted by Gasteiger charge is -2.36. The molecule has 239 valence electrons. The van der Waals surface area contributed by atoms with Gasteiger partial charge in [-0.15, -0.1) is 0 Å². The van der Waals surface area contributed by atoms with Gasteiger partial charge < -0.3 is 35.6 Å². The van der Waals surface area contributed by atoms with Crippen molar-refractivity contribution in [3.8, 4) is 0 Å². The summed E-state index contributed by atoms with van der Waals surface area (Å²) in [5.41, 5.74) is 6.29. The Morgan fingerprint density at radius 2 is 1.64 bits per heavy atom. The largest absolute Gasteiger partial charge is 0.461 e. The molecule has 1 aliphatic rings. The molecular formula is C33H54NO8. The fraction of sp³-hybridized carbons (Fsp3) is 0.667. The van der Waals surface area contributed by atoms with Gasteiger partial charge in [-0.1, -0.05) is 90.2 Å². The van der Waals surface area contributed by atoms with E-state index in [2.05, 4.69) is 6.58 Å². The highest BCUT2D eigenvalue weighted by molar-refractivity contribution is 5.74. The van der Waals surface area contributed by atoms with Crippen LogP contribution in [-0.4, -0.2) is 69.1 Å². The number of cyclic esters (lactones) is 1. The van der Waals surface area contributed by atoms with Crippen LogP contribution in [0.2, 0.25) is 0 Å². The Morgan fingerprint density at radius 3 is 2.21 bits per heavy atom. The minimum absolute atomic E-state index is 0.157. The van der Waals surface area contributed by atoms with E-state index in [1.165, 1.54) is 12.5 Å². The van der Waals surface area contributed by atoms with E-state index in [4.69, 9.17) is 15.2 Å². The van der Waals surface area contributed by atoms with Crippen LogP contribution >= 0.6 is 0 Å². The predicted octanol–water partition coefficient (Wildman–Crippen LogP) is 4.11. The van der Waals surface area contributed by atoms with Crippen molar-refractivity contribution in [3.63, 3.8) is 0 Å². The Morgan fingerprint density at radius 1 is 1.02 bits per heavy atom. The average Bonchev–Trinajstić information content (AvgIpc) is 2.93. The molecule has 1 aliphatic heterocycles. The molecule has 0 aromatic heterocycles. The Balaban J connectivity index is 2.76. The van der Waals surface area contributed by atoms with E-state index in [-0.39, 0.29) is 35.5 Å². The summed E-state index contributed by atoms with van der Waals surface area (Å²) in [5.74, 6) is -2.67. The maximum Gasteiger partial charge on any atom is 0.404 e. The molecule has 0 aliphatic carbocycles. The number of primary amides is 1. The van der Waals surface area contributed by atoms with Gasteiger partial charge in [-0.2, -0.15) is 0 Å². The first kappa shape index (κ1) is 37.6. The molecule has 9 heteroatoms. The van der Waals surface area contributed by atoms with Crippen LogP contribution in [-0.2, 0) is 14.3 Å². The van der Waals surface area contributed by atoms with Crippen molar-refractivity contribution in [3.05, 3.63) is 55.0 Å². The maximum atomic E-state index is 11.9. The summed E-state index contributed by atoms with van der Waals surface area (Å²) in [4.78, 5) is 23.5. The quantitative estimate of drug-likeness (QED) is 0.102. The number of amides is 1. The first-order valence-electron chi connectivity index (χ1n) is 14.9. The number of rotatable bonds is 16.